The molecule has 3 heterocycles. The number of oxazole rings is 1. The molecule has 2 N–H and O–H groups in total. The zero-order valence-electron chi connectivity index (χ0n) is 20.6. The quantitative estimate of drug-likeness (QED) is 0.358. The molecule has 2 aliphatic carbocycles. The molecule has 5 rings (SSSR count). The molecule has 10 heteroatoms. The SMILES string of the molecule is CC(C)C1CCC(n2cc(NC(=O)c3coc(-c4ccnc(NCC5CC5)c4)n3)c(C(F)F)n2)CC1. The number of hydrogen-bond acceptors (Lipinski definition) is 6. The molecule has 0 atom stereocenters. The van der Waals surface area contributed by atoms with Crippen molar-refractivity contribution >= 4 is 17.4 Å². The van der Waals surface area contributed by atoms with Crippen LogP contribution in [0.1, 0.15) is 81.0 Å². The molecule has 3 aromatic rings. The Balaban J connectivity index is 1.27. The van der Waals surface area contributed by atoms with Crippen LogP contribution < -0.4 is 10.6 Å². The second-order valence-corrected chi connectivity index (χ2v) is 10.3. The second kappa shape index (κ2) is 10.4. The lowest BCUT2D eigenvalue weighted by atomic mass is 9.80. The van der Waals surface area contributed by atoms with Gasteiger partial charge in [0.05, 0.1) is 11.7 Å². The van der Waals surface area contributed by atoms with Gasteiger partial charge in [0.2, 0.25) is 5.89 Å². The lowest BCUT2D eigenvalue weighted by Gasteiger charge is -2.30. The summed E-state index contributed by atoms with van der Waals surface area (Å²) >= 11 is 0. The molecule has 0 aliphatic heterocycles. The highest BCUT2D eigenvalue weighted by Crippen LogP contribution is 2.37. The summed E-state index contributed by atoms with van der Waals surface area (Å²) in [5, 5.41) is 9.99. The molecule has 1 amide bonds. The van der Waals surface area contributed by atoms with E-state index in [1.807, 2.05) is 6.07 Å². The van der Waals surface area contributed by atoms with Crippen molar-refractivity contribution in [3.8, 4) is 11.5 Å². The number of halogens is 2. The van der Waals surface area contributed by atoms with Crippen molar-refractivity contribution in [1.29, 1.82) is 0 Å². The molecule has 0 aromatic carbocycles. The monoisotopic (exact) mass is 498 g/mol. The van der Waals surface area contributed by atoms with Crippen LogP contribution in [0.25, 0.3) is 11.5 Å². The van der Waals surface area contributed by atoms with Gasteiger partial charge in [-0.2, -0.15) is 5.10 Å². The first kappa shape index (κ1) is 24.4. The van der Waals surface area contributed by atoms with Gasteiger partial charge in [0.15, 0.2) is 11.4 Å². The fourth-order valence-corrected chi connectivity index (χ4v) is 4.81. The normalized spacial score (nSPS) is 20.2. The first-order valence-corrected chi connectivity index (χ1v) is 12.7. The molecule has 0 saturated heterocycles. The highest BCUT2D eigenvalue weighted by Gasteiger charge is 2.28. The minimum absolute atomic E-state index is 0.000269. The van der Waals surface area contributed by atoms with E-state index in [2.05, 4.69) is 39.5 Å². The lowest BCUT2D eigenvalue weighted by molar-refractivity contribution is 0.102. The van der Waals surface area contributed by atoms with Crippen LogP contribution in [-0.4, -0.2) is 32.2 Å². The maximum Gasteiger partial charge on any atom is 0.284 e. The van der Waals surface area contributed by atoms with E-state index >= 15 is 0 Å². The molecule has 0 bridgehead atoms. The Morgan fingerprint density at radius 3 is 2.67 bits per heavy atom. The van der Waals surface area contributed by atoms with Crippen LogP contribution >= 0.6 is 0 Å². The van der Waals surface area contributed by atoms with E-state index in [4.69, 9.17) is 4.42 Å². The number of rotatable bonds is 9. The number of aromatic nitrogens is 4. The van der Waals surface area contributed by atoms with Crippen LogP contribution in [0.4, 0.5) is 20.3 Å². The van der Waals surface area contributed by atoms with Crippen molar-refractivity contribution in [2.24, 2.45) is 17.8 Å². The smallest absolute Gasteiger partial charge is 0.284 e. The van der Waals surface area contributed by atoms with Gasteiger partial charge in [0.1, 0.15) is 12.1 Å². The summed E-state index contributed by atoms with van der Waals surface area (Å²) in [5.74, 6) is 2.29. The van der Waals surface area contributed by atoms with Gasteiger partial charge in [-0.25, -0.2) is 18.7 Å². The summed E-state index contributed by atoms with van der Waals surface area (Å²) in [6.45, 7) is 5.31. The van der Waals surface area contributed by atoms with Gasteiger partial charge in [0, 0.05) is 24.5 Å². The zero-order chi connectivity index (χ0) is 25.2. The van der Waals surface area contributed by atoms with Crippen LogP contribution in [0.2, 0.25) is 0 Å². The maximum atomic E-state index is 13.7. The fourth-order valence-electron chi connectivity index (χ4n) is 4.81. The first-order chi connectivity index (χ1) is 17.4. The number of nitrogens with one attached hydrogen (secondary N) is 2. The highest BCUT2D eigenvalue weighted by molar-refractivity contribution is 6.03. The van der Waals surface area contributed by atoms with Crippen molar-refractivity contribution in [3.63, 3.8) is 0 Å². The van der Waals surface area contributed by atoms with Crippen molar-refractivity contribution in [3.05, 3.63) is 42.2 Å². The van der Waals surface area contributed by atoms with Gasteiger partial charge in [-0.05, 0) is 68.4 Å². The Morgan fingerprint density at radius 2 is 1.97 bits per heavy atom. The van der Waals surface area contributed by atoms with E-state index in [9.17, 15) is 13.6 Å². The zero-order valence-corrected chi connectivity index (χ0v) is 20.6. The third kappa shape index (κ3) is 5.57. The fraction of sp³-hybridized carbons (Fsp3) is 0.538. The Morgan fingerprint density at radius 1 is 1.19 bits per heavy atom. The van der Waals surface area contributed by atoms with Gasteiger partial charge in [-0.15, -0.1) is 0 Å². The average Bonchev–Trinajstić information content (AvgIpc) is 3.39. The number of anilines is 2. The van der Waals surface area contributed by atoms with E-state index in [0.717, 1.165) is 32.2 Å². The van der Waals surface area contributed by atoms with Crippen molar-refractivity contribution in [2.75, 3.05) is 17.2 Å². The number of pyridine rings is 1. The van der Waals surface area contributed by atoms with Gasteiger partial charge in [0.25, 0.3) is 12.3 Å². The number of alkyl halides is 2. The van der Waals surface area contributed by atoms with Crippen molar-refractivity contribution < 1.29 is 18.0 Å². The molecule has 0 spiro atoms. The Labute approximate surface area is 208 Å². The number of amides is 1. The number of carbonyl (C=O) groups is 1. The predicted octanol–water partition coefficient (Wildman–Crippen LogP) is 6.33. The summed E-state index contributed by atoms with van der Waals surface area (Å²) in [4.78, 5) is 21.4. The predicted molar refractivity (Wildman–Crippen MR) is 132 cm³/mol. The summed E-state index contributed by atoms with van der Waals surface area (Å²) in [7, 11) is 0. The summed E-state index contributed by atoms with van der Waals surface area (Å²) < 4.78 is 34.6. The van der Waals surface area contributed by atoms with Crippen molar-refractivity contribution in [1.82, 2.24) is 19.7 Å². The van der Waals surface area contributed by atoms with E-state index in [1.54, 1.807) is 16.9 Å². The van der Waals surface area contributed by atoms with E-state index in [1.165, 1.54) is 25.3 Å². The topological polar surface area (TPSA) is 97.9 Å². The molecule has 2 fully saturated rings. The molecule has 0 unspecified atom stereocenters. The number of nitrogens with zero attached hydrogens (tertiary/aromatic N) is 4. The minimum atomic E-state index is -2.81. The molecule has 3 aromatic heterocycles. The largest absolute Gasteiger partial charge is 0.444 e. The van der Waals surface area contributed by atoms with Crippen LogP contribution in [0.5, 0.6) is 0 Å². The van der Waals surface area contributed by atoms with E-state index in [-0.39, 0.29) is 23.3 Å². The van der Waals surface area contributed by atoms with Crippen molar-refractivity contribution in [2.45, 2.75) is 64.8 Å². The van der Waals surface area contributed by atoms with Crippen LogP contribution in [-0.2, 0) is 0 Å². The molecule has 0 radical (unpaired) electrons. The molecule has 36 heavy (non-hydrogen) atoms. The summed E-state index contributed by atoms with van der Waals surface area (Å²) in [6, 6.07) is 3.60. The summed E-state index contributed by atoms with van der Waals surface area (Å²) in [5.41, 5.74) is 0.236. The van der Waals surface area contributed by atoms with E-state index < -0.39 is 18.0 Å². The highest BCUT2D eigenvalue weighted by atomic mass is 19.3. The first-order valence-electron chi connectivity index (χ1n) is 12.7. The molecular formula is C26H32F2N6O2. The number of hydrogen-bond donors (Lipinski definition) is 2. The minimum Gasteiger partial charge on any atom is -0.444 e. The summed E-state index contributed by atoms with van der Waals surface area (Å²) in [6.07, 6.45) is 7.90. The van der Waals surface area contributed by atoms with Gasteiger partial charge in [-0.1, -0.05) is 13.8 Å². The molecule has 2 aliphatic rings. The molecule has 192 valence electrons. The van der Waals surface area contributed by atoms with E-state index in [0.29, 0.717) is 29.1 Å². The van der Waals surface area contributed by atoms with Crippen LogP contribution in [0, 0.1) is 17.8 Å². The van der Waals surface area contributed by atoms with Crippen LogP contribution in [0.15, 0.2) is 35.2 Å². The standard InChI is InChI=1S/C26H32F2N6O2/c1-15(2)17-5-7-19(8-6-17)34-13-20(23(33-34)24(27)28)31-25(35)21-14-36-26(32-21)18-9-10-29-22(11-18)30-12-16-3-4-16/h9-11,13-17,19,24H,3-8,12H2,1-2H3,(H,29,30)(H,31,35). The Hall–Kier alpha value is -3.30. The van der Waals surface area contributed by atoms with Gasteiger partial charge < -0.3 is 15.1 Å². The third-order valence-corrected chi connectivity index (χ3v) is 7.29. The Bertz CT molecular complexity index is 1190. The van der Waals surface area contributed by atoms with Gasteiger partial charge >= 0.3 is 0 Å². The van der Waals surface area contributed by atoms with Gasteiger partial charge in [-0.3, -0.25) is 9.48 Å². The second-order valence-electron chi connectivity index (χ2n) is 10.3. The molecular weight excluding hydrogens is 466 g/mol. The molecule has 2 saturated carbocycles. The lowest BCUT2D eigenvalue weighted by Crippen LogP contribution is -2.21. The third-order valence-electron chi connectivity index (χ3n) is 7.29. The Kier molecular flexibility index (Phi) is 7.02. The number of carbonyl (C=O) groups excluding carboxylic acids is 1. The van der Waals surface area contributed by atoms with Crippen LogP contribution in [0.3, 0.4) is 0 Å². The average molecular weight is 499 g/mol. The molecule has 8 nitrogen and oxygen atoms in total. The maximum absolute atomic E-state index is 13.7.